The molecule has 4 heteroatoms. The smallest absolute Gasteiger partial charge is 0.120 e. The first-order valence-electron chi connectivity index (χ1n) is 5.87. The molecule has 1 saturated heterocycles. The molecule has 0 amide bonds. The van der Waals surface area contributed by atoms with Crippen LogP contribution in [0.1, 0.15) is 31.0 Å². The van der Waals surface area contributed by atoms with Crippen LogP contribution in [0.15, 0.2) is 6.20 Å². The molecule has 16 heavy (non-hydrogen) atoms. The molecule has 1 aliphatic heterocycles. The summed E-state index contributed by atoms with van der Waals surface area (Å²) in [5.41, 5.74) is 1.36. The van der Waals surface area contributed by atoms with Crippen LogP contribution in [0.2, 0.25) is 0 Å². The fourth-order valence-electron chi connectivity index (χ4n) is 2.44. The minimum Gasteiger partial charge on any atom is -0.294 e. The van der Waals surface area contributed by atoms with Crippen molar-refractivity contribution < 1.29 is 4.39 Å². The van der Waals surface area contributed by atoms with E-state index in [0.717, 1.165) is 19.5 Å². The molecule has 0 unspecified atom stereocenters. The average molecular weight is 225 g/mol. The zero-order valence-electron chi connectivity index (χ0n) is 10.3. The minimum atomic E-state index is -1.02. The number of hydrogen-bond donors (Lipinski definition) is 0. The van der Waals surface area contributed by atoms with Gasteiger partial charge in [-0.2, -0.15) is 5.10 Å². The van der Waals surface area contributed by atoms with Crippen molar-refractivity contribution in [2.75, 3.05) is 13.1 Å². The topological polar surface area (TPSA) is 21.1 Å². The van der Waals surface area contributed by atoms with E-state index in [-0.39, 0.29) is 0 Å². The van der Waals surface area contributed by atoms with Crippen LogP contribution in [-0.2, 0) is 13.6 Å². The molecule has 0 spiro atoms. The van der Waals surface area contributed by atoms with Crippen molar-refractivity contribution in [3.8, 4) is 0 Å². The third-order valence-corrected chi connectivity index (χ3v) is 3.37. The summed E-state index contributed by atoms with van der Waals surface area (Å²) in [5, 5.41) is 4.21. The lowest BCUT2D eigenvalue weighted by molar-refractivity contribution is 0.0549. The van der Waals surface area contributed by atoms with Crippen LogP contribution in [0.25, 0.3) is 0 Å². The Labute approximate surface area is 96.2 Å². The van der Waals surface area contributed by atoms with Crippen LogP contribution in [0.5, 0.6) is 0 Å². The molecule has 2 rings (SSSR count). The van der Waals surface area contributed by atoms with Crippen LogP contribution < -0.4 is 0 Å². The first kappa shape index (κ1) is 11.6. The van der Waals surface area contributed by atoms with E-state index >= 15 is 0 Å². The number of aromatic nitrogens is 2. The van der Waals surface area contributed by atoms with Gasteiger partial charge in [0.1, 0.15) is 5.67 Å². The van der Waals surface area contributed by atoms with Gasteiger partial charge in [0.05, 0.1) is 11.9 Å². The van der Waals surface area contributed by atoms with Crippen LogP contribution >= 0.6 is 0 Å². The van der Waals surface area contributed by atoms with Crippen molar-refractivity contribution >= 4 is 0 Å². The Hall–Kier alpha value is -0.900. The number of nitrogens with zero attached hydrogens (tertiary/aromatic N) is 3. The lowest BCUT2D eigenvalue weighted by atomic mass is 9.97. The molecule has 1 atom stereocenters. The molecule has 90 valence electrons. The van der Waals surface area contributed by atoms with Gasteiger partial charge in [-0.25, -0.2) is 4.39 Å². The van der Waals surface area contributed by atoms with Gasteiger partial charge in [0.2, 0.25) is 0 Å². The van der Waals surface area contributed by atoms with Crippen molar-refractivity contribution in [1.29, 1.82) is 0 Å². The van der Waals surface area contributed by atoms with Gasteiger partial charge < -0.3 is 0 Å². The van der Waals surface area contributed by atoms with Gasteiger partial charge in [-0.05, 0) is 38.8 Å². The quantitative estimate of drug-likeness (QED) is 0.768. The highest BCUT2D eigenvalue weighted by Gasteiger charge is 2.30. The van der Waals surface area contributed by atoms with Gasteiger partial charge in [0.25, 0.3) is 0 Å². The second-order valence-electron chi connectivity index (χ2n) is 5.13. The number of alkyl halides is 1. The van der Waals surface area contributed by atoms with E-state index in [9.17, 15) is 4.39 Å². The fourth-order valence-corrected chi connectivity index (χ4v) is 2.44. The molecular formula is C12H20FN3. The zero-order valence-corrected chi connectivity index (χ0v) is 10.3. The summed E-state index contributed by atoms with van der Waals surface area (Å²) in [5.74, 6) is 0. The second-order valence-corrected chi connectivity index (χ2v) is 5.13. The first-order valence-corrected chi connectivity index (χ1v) is 5.87. The van der Waals surface area contributed by atoms with E-state index in [0.29, 0.717) is 13.0 Å². The Kier molecular flexibility index (Phi) is 3.02. The third kappa shape index (κ3) is 2.43. The molecule has 0 bridgehead atoms. The van der Waals surface area contributed by atoms with Gasteiger partial charge in [-0.3, -0.25) is 9.58 Å². The highest BCUT2D eigenvalue weighted by molar-refractivity contribution is 5.15. The summed E-state index contributed by atoms with van der Waals surface area (Å²) in [6.07, 6.45) is 3.51. The number of piperidine rings is 1. The van der Waals surface area contributed by atoms with Crippen LogP contribution in [-0.4, -0.2) is 33.4 Å². The molecule has 0 aromatic carbocycles. The SMILES string of the molecule is Cc1cnn(C)c1CN1CCC[C@@](C)(F)C1. The average Bonchev–Trinajstić information content (AvgIpc) is 2.48. The monoisotopic (exact) mass is 225 g/mol. The number of halogens is 1. The zero-order chi connectivity index (χ0) is 11.8. The summed E-state index contributed by atoms with van der Waals surface area (Å²) in [7, 11) is 1.95. The predicted octanol–water partition coefficient (Wildman–Crippen LogP) is 2.05. The van der Waals surface area contributed by atoms with Crippen molar-refractivity contribution in [3.05, 3.63) is 17.5 Å². The highest BCUT2D eigenvalue weighted by atomic mass is 19.1. The van der Waals surface area contributed by atoms with Crippen LogP contribution in [0, 0.1) is 6.92 Å². The van der Waals surface area contributed by atoms with Crippen LogP contribution in [0.3, 0.4) is 0 Å². The van der Waals surface area contributed by atoms with Crippen LogP contribution in [0.4, 0.5) is 4.39 Å². The van der Waals surface area contributed by atoms with Crippen molar-refractivity contribution in [2.24, 2.45) is 7.05 Å². The molecule has 1 aromatic heterocycles. The summed E-state index contributed by atoms with van der Waals surface area (Å²) in [6.45, 7) is 6.10. The van der Waals surface area contributed by atoms with Gasteiger partial charge in [-0.15, -0.1) is 0 Å². The normalized spacial score (nSPS) is 27.2. The third-order valence-electron chi connectivity index (χ3n) is 3.37. The standard InChI is InChI=1S/C12H20FN3/c1-10-7-14-15(3)11(10)8-16-6-4-5-12(2,13)9-16/h7H,4-6,8-9H2,1-3H3/t12-/m1/s1. The number of aryl methyl sites for hydroxylation is 2. The maximum Gasteiger partial charge on any atom is 0.120 e. The Balaban J connectivity index is 2.05. The van der Waals surface area contributed by atoms with Gasteiger partial charge in [0.15, 0.2) is 0 Å². The van der Waals surface area contributed by atoms with Crippen molar-refractivity contribution in [3.63, 3.8) is 0 Å². The summed E-state index contributed by atoms with van der Waals surface area (Å²) in [6, 6.07) is 0. The van der Waals surface area contributed by atoms with E-state index in [1.807, 2.05) is 17.9 Å². The molecular weight excluding hydrogens is 205 g/mol. The lowest BCUT2D eigenvalue weighted by Crippen LogP contribution is -2.43. The summed E-state index contributed by atoms with van der Waals surface area (Å²) >= 11 is 0. The second kappa shape index (κ2) is 4.17. The Morgan fingerprint density at radius 3 is 2.88 bits per heavy atom. The molecule has 2 heterocycles. The van der Waals surface area contributed by atoms with Crippen molar-refractivity contribution in [2.45, 2.75) is 38.9 Å². The molecule has 1 fully saturated rings. The van der Waals surface area contributed by atoms with E-state index in [2.05, 4.69) is 16.9 Å². The Morgan fingerprint density at radius 2 is 2.31 bits per heavy atom. The first-order chi connectivity index (χ1) is 7.48. The summed E-state index contributed by atoms with van der Waals surface area (Å²) in [4.78, 5) is 2.19. The van der Waals surface area contributed by atoms with Crippen molar-refractivity contribution in [1.82, 2.24) is 14.7 Å². The van der Waals surface area contributed by atoms with Gasteiger partial charge in [-0.1, -0.05) is 0 Å². The maximum atomic E-state index is 13.9. The van der Waals surface area contributed by atoms with Gasteiger partial charge in [0, 0.05) is 20.1 Å². The molecule has 0 radical (unpaired) electrons. The molecule has 1 aliphatic rings. The fraction of sp³-hybridized carbons (Fsp3) is 0.750. The molecule has 0 saturated carbocycles. The summed E-state index contributed by atoms with van der Waals surface area (Å²) < 4.78 is 15.8. The highest BCUT2D eigenvalue weighted by Crippen LogP contribution is 2.25. The minimum absolute atomic E-state index is 0.539. The van der Waals surface area contributed by atoms with E-state index in [4.69, 9.17) is 0 Å². The molecule has 0 N–H and O–H groups in total. The largest absolute Gasteiger partial charge is 0.294 e. The van der Waals surface area contributed by atoms with E-state index < -0.39 is 5.67 Å². The number of likely N-dealkylation sites (tertiary alicyclic amines) is 1. The number of rotatable bonds is 2. The Morgan fingerprint density at radius 1 is 1.56 bits per heavy atom. The van der Waals surface area contributed by atoms with E-state index in [1.165, 1.54) is 11.3 Å². The van der Waals surface area contributed by atoms with Gasteiger partial charge >= 0.3 is 0 Å². The molecule has 3 nitrogen and oxygen atoms in total. The van der Waals surface area contributed by atoms with E-state index in [1.54, 1.807) is 6.92 Å². The Bertz CT molecular complexity index is 351. The number of hydrogen-bond acceptors (Lipinski definition) is 2. The predicted molar refractivity (Wildman–Crippen MR) is 62.0 cm³/mol. The molecule has 1 aromatic rings. The lowest BCUT2D eigenvalue weighted by Gasteiger charge is -2.35. The molecule has 0 aliphatic carbocycles. The maximum absolute atomic E-state index is 13.9.